The minimum atomic E-state index is -3.14. The van der Waals surface area contributed by atoms with Crippen LogP contribution >= 0.6 is 15.9 Å². The van der Waals surface area contributed by atoms with E-state index >= 15 is 0 Å². The van der Waals surface area contributed by atoms with Gasteiger partial charge >= 0.3 is 0 Å². The molecule has 1 aliphatic rings. The van der Waals surface area contributed by atoms with Crippen molar-refractivity contribution in [2.75, 3.05) is 11.1 Å². The van der Waals surface area contributed by atoms with E-state index in [2.05, 4.69) is 15.9 Å². The summed E-state index contributed by atoms with van der Waals surface area (Å²) < 4.78 is 24.7. The standard InChI is InChI=1S/C13H17BrO2S/c14-10-13(8-4-5-9-13)11-17(15,16)12-6-2-1-3-7-12/h1-3,6-7H,4-5,8-11H2. The van der Waals surface area contributed by atoms with Crippen LogP contribution in [0, 0.1) is 5.41 Å². The topological polar surface area (TPSA) is 34.1 Å². The van der Waals surface area contributed by atoms with E-state index in [0.29, 0.717) is 4.90 Å². The van der Waals surface area contributed by atoms with Gasteiger partial charge in [0, 0.05) is 5.33 Å². The number of alkyl halides is 1. The largest absolute Gasteiger partial charge is 0.224 e. The highest BCUT2D eigenvalue weighted by Crippen LogP contribution is 2.41. The number of hydrogen-bond acceptors (Lipinski definition) is 2. The molecule has 1 saturated carbocycles. The molecule has 0 unspecified atom stereocenters. The summed E-state index contributed by atoms with van der Waals surface area (Å²) in [6, 6.07) is 8.78. The molecule has 0 saturated heterocycles. The van der Waals surface area contributed by atoms with Gasteiger partial charge in [0.15, 0.2) is 9.84 Å². The lowest BCUT2D eigenvalue weighted by molar-refractivity contribution is 0.394. The lowest BCUT2D eigenvalue weighted by Gasteiger charge is -2.26. The first kappa shape index (κ1) is 13.1. The maximum Gasteiger partial charge on any atom is 0.178 e. The maximum atomic E-state index is 12.3. The molecular weight excluding hydrogens is 300 g/mol. The number of hydrogen-bond donors (Lipinski definition) is 0. The highest BCUT2D eigenvalue weighted by atomic mass is 79.9. The van der Waals surface area contributed by atoms with Crippen LogP contribution in [0.1, 0.15) is 25.7 Å². The smallest absolute Gasteiger partial charge is 0.178 e. The third-order valence-electron chi connectivity index (χ3n) is 3.55. The average Bonchev–Trinajstić information content (AvgIpc) is 2.79. The van der Waals surface area contributed by atoms with Gasteiger partial charge in [0.2, 0.25) is 0 Å². The maximum absolute atomic E-state index is 12.3. The zero-order valence-corrected chi connectivity index (χ0v) is 12.1. The van der Waals surface area contributed by atoms with Gasteiger partial charge in [0.1, 0.15) is 0 Å². The highest BCUT2D eigenvalue weighted by molar-refractivity contribution is 9.09. The Labute approximate surface area is 111 Å². The van der Waals surface area contributed by atoms with Gasteiger partial charge in [-0.15, -0.1) is 0 Å². The average molecular weight is 317 g/mol. The molecule has 0 bridgehead atoms. The van der Waals surface area contributed by atoms with Crippen molar-refractivity contribution in [3.05, 3.63) is 30.3 Å². The van der Waals surface area contributed by atoms with Crippen molar-refractivity contribution in [2.24, 2.45) is 5.41 Å². The highest BCUT2D eigenvalue weighted by Gasteiger charge is 2.37. The lowest BCUT2D eigenvalue weighted by atomic mass is 9.92. The number of halogens is 1. The Balaban J connectivity index is 2.23. The first-order valence-corrected chi connectivity index (χ1v) is 8.69. The molecular formula is C13H17BrO2S. The van der Waals surface area contributed by atoms with Gasteiger partial charge in [-0.05, 0) is 30.4 Å². The van der Waals surface area contributed by atoms with Crippen LogP contribution in [0.3, 0.4) is 0 Å². The van der Waals surface area contributed by atoms with Gasteiger partial charge < -0.3 is 0 Å². The molecule has 0 radical (unpaired) electrons. The van der Waals surface area contributed by atoms with E-state index in [-0.39, 0.29) is 11.2 Å². The third-order valence-corrected chi connectivity index (χ3v) is 6.72. The molecule has 0 atom stereocenters. The third kappa shape index (κ3) is 2.91. The molecule has 4 heteroatoms. The summed E-state index contributed by atoms with van der Waals surface area (Å²) in [6.45, 7) is 0. The Bertz CT molecular complexity index is 461. The second-order valence-electron chi connectivity index (χ2n) is 4.91. The molecule has 0 heterocycles. The summed E-state index contributed by atoms with van der Waals surface area (Å²) in [6.07, 6.45) is 4.33. The molecule has 94 valence electrons. The fourth-order valence-corrected chi connectivity index (χ4v) is 5.51. The van der Waals surface area contributed by atoms with Crippen LogP contribution in [0.4, 0.5) is 0 Å². The Kier molecular flexibility index (Phi) is 3.93. The van der Waals surface area contributed by atoms with Crippen LogP contribution < -0.4 is 0 Å². The van der Waals surface area contributed by atoms with Gasteiger partial charge in [-0.3, -0.25) is 0 Å². The van der Waals surface area contributed by atoms with E-state index in [4.69, 9.17) is 0 Å². The predicted octanol–water partition coefficient (Wildman–Crippen LogP) is 3.42. The minimum absolute atomic E-state index is 0.0469. The van der Waals surface area contributed by atoms with Crippen LogP contribution in [0.2, 0.25) is 0 Å². The van der Waals surface area contributed by atoms with Gasteiger partial charge in [-0.1, -0.05) is 47.0 Å². The van der Waals surface area contributed by atoms with Crippen LogP contribution in [0.25, 0.3) is 0 Å². The molecule has 2 rings (SSSR count). The van der Waals surface area contributed by atoms with Gasteiger partial charge in [-0.2, -0.15) is 0 Å². The van der Waals surface area contributed by atoms with Crippen LogP contribution in [0.5, 0.6) is 0 Å². The number of sulfone groups is 1. The zero-order chi connectivity index (χ0) is 12.4. The van der Waals surface area contributed by atoms with Gasteiger partial charge in [-0.25, -0.2) is 8.42 Å². The van der Waals surface area contributed by atoms with Crippen molar-refractivity contribution in [2.45, 2.75) is 30.6 Å². The molecule has 0 aromatic heterocycles. The first-order chi connectivity index (χ1) is 8.08. The van der Waals surface area contributed by atoms with Crippen LogP contribution in [-0.4, -0.2) is 19.5 Å². The van der Waals surface area contributed by atoms with Gasteiger partial charge in [0.25, 0.3) is 0 Å². The van der Waals surface area contributed by atoms with E-state index in [9.17, 15) is 8.42 Å². The molecule has 1 aromatic rings. The fraction of sp³-hybridized carbons (Fsp3) is 0.538. The normalized spacial score (nSPS) is 19.4. The molecule has 17 heavy (non-hydrogen) atoms. The zero-order valence-electron chi connectivity index (χ0n) is 9.73. The van der Waals surface area contributed by atoms with E-state index in [1.165, 1.54) is 0 Å². The van der Waals surface area contributed by atoms with Crippen LogP contribution in [0.15, 0.2) is 35.2 Å². The summed E-state index contributed by atoms with van der Waals surface area (Å²) in [4.78, 5) is 0.451. The van der Waals surface area contributed by atoms with E-state index < -0.39 is 9.84 Å². The minimum Gasteiger partial charge on any atom is -0.224 e. The van der Waals surface area contributed by atoms with E-state index in [0.717, 1.165) is 31.0 Å². The Morgan fingerprint density at radius 3 is 2.24 bits per heavy atom. The molecule has 1 aliphatic carbocycles. The first-order valence-electron chi connectivity index (χ1n) is 5.92. The summed E-state index contributed by atoms with van der Waals surface area (Å²) in [5.41, 5.74) is -0.0469. The summed E-state index contributed by atoms with van der Waals surface area (Å²) in [5, 5.41) is 0.784. The van der Waals surface area contributed by atoms with Crippen molar-refractivity contribution in [3.8, 4) is 0 Å². The lowest BCUT2D eigenvalue weighted by Crippen LogP contribution is -2.29. The fourth-order valence-electron chi connectivity index (χ4n) is 2.56. The Morgan fingerprint density at radius 2 is 1.71 bits per heavy atom. The molecule has 1 fully saturated rings. The van der Waals surface area contributed by atoms with Crippen LogP contribution in [-0.2, 0) is 9.84 Å². The summed E-state index contributed by atoms with van der Waals surface area (Å²) >= 11 is 3.49. The second-order valence-corrected chi connectivity index (χ2v) is 7.46. The number of rotatable bonds is 4. The van der Waals surface area contributed by atoms with Gasteiger partial charge in [0.05, 0.1) is 10.6 Å². The van der Waals surface area contributed by atoms with Crippen molar-refractivity contribution in [3.63, 3.8) is 0 Å². The monoisotopic (exact) mass is 316 g/mol. The Hall–Kier alpha value is -0.350. The van der Waals surface area contributed by atoms with Crippen molar-refractivity contribution < 1.29 is 8.42 Å². The SMILES string of the molecule is O=S(=O)(CC1(CBr)CCCC1)c1ccccc1. The molecule has 0 aliphatic heterocycles. The molecule has 0 N–H and O–H groups in total. The molecule has 2 nitrogen and oxygen atoms in total. The van der Waals surface area contributed by atoms with E-state index in [1.807, 2.05) is 6.07 Å². The molecule has 0 spiro atoms. The quantitative estimate of drug-likeness (QED) is 0.798. The van der Waals surface area contributed by atoms with Crippen molar-refractivity contribution in [1.29, 1.82) is 0 Å². The predicted molar refractivity (Wildman–Crippen MR) is 73.2 cm³/mol. The van der Waals surface area contributed by atoms with E-state index in [1.54, 1.807) is 24.3 Å². The molecule has 0 amide bonds. The summed E-state index contributed by atoms with van der Waals surface area (Å²) in [7, 11) is -3.14. The molecule has 1 aromatic carbocycles. The Morgan fingerprint density at radius 1 is 1.12 bits per heavy atom. The van der Waals surface area contributed by atoms with Crippen molar-refractivity contribution in [1.82, 2.24) is 0 Å². The number of benzene rings is 1. The second kappa shape index (κ2) is 5.11. The summed E-state index contributed by atoms with van der Waals surface area (Å²) in [5.74, 6) is 0.273. The van der Waals surface area contributed by atoms with Crippen molar-refractivity contribution >= 4 is 25.8 Å².